The van der Waals surface area contributed by atoms with Gasteiger partial charge in [0.15, 0.2) is 5.94 Å². The van der Waals surface area contributed by atoms with Crippen LogP contribution in [0.1, 0.15) is 116 Å². The molecule has 2 saturated carbocycles. The van der Waals surface area contributed by atoms with Crippen LogP contribution in [0.3, 0.4) is 0 Å². The van der Waals surface area contributed by atoms with Crippen molar-refractivity contribution in [3.63, 3.8) is 0 Å². The molecule has 2 aliphatic carbocycles. The number of rotatable bonds is 2. The molecule has 4 rings (SSSR count). The molecule has 0 bridgehead atoms. The molecule has 31 heavy (non-hydrogen) atoms. The van der Waals surface area contributed by atoms with Gasteiger partial charge >= 0.3 is 0 Å². The van der Waals surface area contributed by atoms with Crippen molar-refractivity contribution >= 4 is 5.94 Å². The van der Waals surface area contributed by atoms with Gasteiger partial charge in [0, 0.05) is 0 Å². The number of hydrogen-bond acceptors (Lipinski definition) is 3. The van der Waals surface area contributed by atoms with Crippen molar-refractivity contribution in [3.8, 4) is 0 Å². The van der Waals surface area contributed by atoms with E-state index in [-0.39, 0.29) is 5.82 Å². The lowest BCUT2D eigenvalue weighted by molar-refractivity contribution is 0.164. The van der Waals surface area contributed by atoms with Crippen molar-refractivity contribution in [2.45, 2.75) is 105 Å². The topological polar surface area (TPSA) is 41.8 Å². The number of hydrogen-bond donors (Lipinski definition) is 0. The molecule has 0 amide bonds. The van der Waals surface area contributed by atoms with Crippen LogP contribution in [-0.4, -0.2) is 5.94 Å². The van der Waals surface area contributed by atoms with Crippen molar-refractivity contribution in [1.29, 1.82) is 0 Å². The van der Waals surface area contributed by atoms with E-state index in [4.69, 9.17) is 0 Å². The lowest BCUT2D eigenvalue weighted by Crippen LogP contribution is -2.34. The Balaban J connectivity index is 1.67. The Morgan fingerprint density at radius 3 is 1.74 bits per heavy atom. The second kappa shape index (κ2) is 8.32. The molecule has 1 aliphatic heterocycles. The second-order valence-corrected chi connectivity index (χ2v) is 12.4. The molecule has 0 atom stereocenters. The summed E-state index contributed by atoms with van der Waals surface area (Å²) in [6, 6.07) is 4.41. The lowest BCUT2D eigenvalue weighted by Gasteiger charge is -2.39. The minimum Gasteiger partial charge on any atom is -0.229 e. The smallest absolute Gasteiger partial charge is 0.229 e. The van der Waals surface area contributed by atoms with Gasteiger partial charge in [0.25, 0.3) is 0 Å². The number of fused-ring (bicyclic) bond motifs is 1. The summed E-state index contributed by atoms with van der Waals surface area (Å²) in [6.45, 7) is 14.3. The Morgan fingerprint density at radius 1 is 0.742 bits per heavy atom. The summed E-state index contributed by atoms with van der Waals surface area (Å²) >= 11 is 0. The minimum atomic E-state index is 0.216. The van der Waals surface area contributed by atoms with E-state index in [0.29, 0.717) is 22.7 Å². The zero-order chi connectivity index (χ0) is 22.4. The molecule has 0 N–H and O–H groups in total. The van der Waals surface area contributed by atoms with Crippen LogP contribution in [0.25, 0.3) is 0 Å². The Bertz CT molecular complexity index is 985. The maximum atomic E-state index is 11.3. The van der Waals surface area contributed by atoms with E-state index in [1.54, 1.807) is 0 Å². The zero-order valence-corrected chi connectivity index (χ0v) is 20.4. The van der Waals surface area contributed by atoms with E-state index in [9.17, 15) is 4.79 Å². The van der Waals surface area contributed by atoms with Gasteiger partial charge in [0.1, 0.15) is 0 Å². The van der Waals surface area contributed by atoms with Gasteiger partial charge in [0.2, 0.25) is 5.82 Å². The van der Waals surface area contributed by atoms with Gasteiger partial charge in [-0.2, -0.15) is 0 Å². The van der Waals surface area contributed by atoms with Gasteiger partial charge in [-0.1, -0.05) is 47.6 Å². The highest BCUT2D eigenvalue weighted by atomic mass is 16.1. The highest BCUT2D eigenvalue weighted by Crippen LogP contribution is 2.47. The predicted molar refractivity (Wildman–Crippen MR) is 126 cm³/mol. The van der Waals surface area contributed by atoms with Crippen LogP contribution in [0.15, 0.2) is 27.9 Å². The largest absolute Gasteiger partial charge is 0.240 e. The molecule has 168 valence electrons. The Morgan fingerprint density at radius 2 is 1.26 bits per heavy atom. The van der Waals surface area contributed by atoms with E-state index in [2.05, 4.69) is 63.7 Å². The van der Waals surface area contributed by atoms with Crippen molar-refractivity contribution in [3.05, 3.63) is 39.8 Å². The van der Waals surface area contributed by atoms with Crippen LogP contribution < -0.4 is 10.7 Å². The lowest BCUT2D eigenvalue weighted by atomic mass is 9.65. The van der Waals surface area contributed by atoms with Gasteiger partial charge < -0.3 is 0 Å². The SMILES string of the molecule is CC(C)(C)C1CCC(c2ccc3c(c2C2CCC(C(C)(C)C)CC2)=NC(=C=O)N=3)CC1. The van der Waals surface area contributed by atoms with Crippen molar-refractivity contribution in [1.82, 2.24) is 0 Å². The van der Waals surface area contributed by atoms with Crippen LogP contribution in [0.2, 0.25) is 0 Å². The molecule has 0 radical (unpaired) electrons. The number of carbonyl (C=O) groups excluding carboxylic acids is 1. The average molecular weight is 421 g/mol. The van der Waals surface area contributed by atoms with E-state index >= 15 is 0 Å². The highest BCUT2D eigenvalue weighted by molar-refractivity contribution is 5.52. The fourth-order valence-electron chi connectivity index (χ4n) is 6.41. The molecule has 1 aromatic carbocycles. The highest BCUT2D eigenvalue weighted by Gasteiger charge is 2.35. The predicted octanol–water partition coefficient (Wildman–Crippen LogP) is 6.25. The summed E-state index contributed by atoms with van der Waals surface area (Å²) < 4.78 is 0. The minimum absolute atomic E-state index is 0.216. The van der Waals surface area contributed by atoms with Crippen molar-refractivity contribution in [2.24, 2.45) is 32.7 Å². The molecular formula is C28H40N2O. The van der Waals surface area contributed by atoms with Crippen LogP contribution >= 0.6 is 0 Å². The first-order chi connectivity index (χ1) is 14.6. The molecular weight excluding hydrogens is 380 g/mol. The van der Waals surface area contributed by atoms with E-state index < -0.39 is 0 Å². The molecule has 0 aromatic heterocycles. The first kappa shape index (κ1) is 22.5. The Kier molecular flexibility index (Phi) is 6.03. The summed E-state index contributed by atoms with van der Waals surface area (Å²) in [5, 5.41) is 1.85. The molecule has 2 fully saturated rings. The molecule has 3 aliphatic rings. The summed E-state index contributed by atoms with van der Waals surface area (Å²) in [4.78, 5) is 20.4. The summed E-state index contributed by atoms with van der Waals surface area (Å²) in [7, 11) is 0. The zero-order valence-electron chi connectivity index (χ0n) is 20.4. The number of benzene rings is 1. The fraction of sp³-hybridized carbons (Fsp3) is 0.714. The molecule has 0 saturated heterocycles. The van der Waals surface area contributed by atoms with Crippen LogP contribution in [0.4, 0.5) is 0 Å². The summed E-state index contributed by atoms with van der Waals surface area (Å²) in [6.07, 6.45) is 10.1. The van der Waals surface area contributed by atoms with E-state index in [0.717, 1.165) is 22.6 Å². The standard InChI is InChI=1S/C28H40N2O/c1-27(2,3)20-11-7-18(8-12-20)22-15-16-23-26(30-24(17-31)29-23)25(22)19-9-13-21(14-10-19)28(4,5)6/h15-16,18-21H,7-14H2,1-6H3. The third-order valence-corrected chi connectivity index (χ3v) is 8.52. The molecule has 1 aromatic rings. The normalized spacial score (nSPS) is 29.0. The monoisotopic (exact) mass is 420 g/mol. The van der Waals surface area contributed by atoms with Gasteiger partial charge in [-0.25, -0.2) is 14.8 Å². The second-order valence-electron chi connectivity index (χ2n) is 12.4. The first-order valence-corrected chi connectivity index (χ1v) is 12.4. The number of nitrogens with zero attached hydrogens (tertiary/aromatic N) is 2. The van der Waals surface area contributed by atoms with Gasteiger partial charge in [-0.15, -0.1) is 0 Å². The first-order valence-electron chi connectivity index (χ1n) is 12.4. The van der Waals surface area contributed by atoms with Crippen LogP contribution in [-0.2, 0) is 4.79 Å². The van der Waals surface area contributed by atoms with Gasteiger partial charge in [-0.3, -0.25) is 0 Å². The Labute approximate surface area is 188 Å². The maximum Gasteiger partial charge on any atom is 0.240 e. The average Bonchev–Trinajstić information content (AvgIpc) is 3.15. The molecule has 3 heteroatoms. The fourth-order valence-corrected chi connectivity index (χ4v) is 6.41. The Hall–Kier alpha value is -1.73. The van der Waals surface area contributed by atoms with E-state index in [1.165, 1.54) is 62.5 Å². The van der Waals surface area contributed by atoms with Gasteiger partial charge in [-0.05, 0) is 103 Å². The van der Waals surface area contributed by atoms with Gasteiger partial charge in [0.05, 0.1) is 10.7 Å². The van der Waals surface area contributed by atoms with Crippen LogP contribution in [0.5, 0.6) is 0 Å². The molecule has 1 heterocycles. The molecule has 0 unspecified atom stereocenters. The summed E-state index contributed by atoms with van der Waals surface area (Å²) in [5.74, 6) is 4.89. The molecule has 0 spiro atoms. The van der Waals surface area contributed by atoms with Crippen molar-refractivity contribution < 1.29 is 4.79 Å². The maximum absolute atomic E-state index is 11.3. The third kappa shape index (κ3) is 4.58. The van der Waals surface area contributed by atoms with Crippen LogP contribution in [0, 0.1) is 22.7 Å². The third-order valence-electron chi connectivity index (χ3n) is 8.52. The quantitative estimate of drug-likeness (QED) is 0.521. The summed E-state index contributed by atoms with van der Waals surface area (Å²) in [5.41, 5.74) is 3.69. The van der Waals surface area contributed by atoms with Crippen molar-refractivity contribution in [2.75, 3.05) is 0 Å². The van der Waals surface area contributed by atoms with E-state index in [1.807, 2.05) is 5.94 Å². The molecule has 3 nitrogen and oxygen atoms in total.